The molecule has 28 heavy (non-hydrogen) atoms. The van der Waals surface area contributed by atoms with Gasteiger partial charge in [0.15, 0.2) is 17.2 Å². The number of hydrogen-bond donors (Lipinski definition) is 6. The van der Waals surface area contributed by atoms with Gasteiger partial charge in [-0.15, -0.1) is 0 Å². The van der Waals surface area contributed by atoms with E-state index in [0.717, 1.165) is 12.1 Å². The van der Waals surface area contributed by atoms with Gasteiger partial charge in [-0.1, -0.05) is 0 Å². The Bertz CT molecular complexity index is 986. The van der Waals surface area contributed by atoms with E-state index in [1.807, 2.05) is 0 Å². The molecule has 3 rings (SSSR count). The predicted molar refractivity (Wildman–Crippen MR) is 93.8 cm³/mol. The van der Waals surface area contributed by atoms with Gasteiger partial charge in [0.1, 0.15) is 6.10 Å². The Kier molecular flexibility index (Phi) is 5.27. The minimum atomic E-state index is -1.43. The zero-order chi connectivity index (χ0) is 20.6. The van der Waals surface area contributed by atoms with Crippen molar-refractivity contribution in [2.45, 2.75) is 31.3 Å². The normalized spacial score (nSPS) is 22.1. The van der Waals surface area contributed by atoms with Crippen LogP contribution in [0.1, 0.15) is 23.2 Å². The predicted octanol–water partition coefficient (Wildman–Crippen LogP) is 0.252. The fraction of sp³-hybridized carbons (Fsp3) is 0.333. The summed E-state index contributed by atoms with van der Waals surface area (Å²) in [4.78, 5) is 23.2. The topological polar surface area (TPSA) is 174 Å². The summed E-state index contributed by atoms with van der Waals surface area (Å²) in [5.41, 5.74) is -1.49. The Morgan fingerprint density at radius 1 is 1.11 bits per heavy atom. The van der Waals surface area contributed by atoms with Gasteiger partial charge in [0, 0.05) is 12.5 Å². The van der Waals surface area contributed by atoms with Crippen LogP contribution in [-0.2, 0) is 4.74 Å². The lowest BCUT2D eigenvalue weighted by Crippen LogP contribution is -2.43. The maximum Gasteiger partial charge on any atom is 0.335 e. The summed E-state index contributed by atoms with van der Waals surface area (Å²) in [5, 5.41) is 58.1. The first-order chi connectivity index (χ1) is 13.2. The number of aliphatic hydroxyl groups excluding tert-OH is 2. The van der Waals surface area contributed by atoms with Crippen LogP contribution in [0.2, 0.25) is 0 Å². The highest BCUT2D eigenvalue weighted by Crippen LogP contribution is 2.44. The lowest BCUT2D eigenvalue weighted by Gasteiger charge is -2.32. The van der Waals surface area contributed by atoms with Crippen LogP contribution in [0.25, 0.3) is 10.8 Å². The molecule has 0 amide bonds. The van der Waals surface area contributed by atoms with Crippen molar-refractivity contribution in [1.29, 1.82) is 0 Å². The number of phenolic OH excluding ortho intramolecular Hbond substituents is 2. The Morgan fingerprint density at radius 3 is 2.46 bits per heavy atom. The second-order valence-electron chi connectivity index (χ2n) is 6.35. The maximum absolute atomic E-state index is 11.9. The molecule has 0 spiro atoms. The molecule has 0 saturated carbocycles. The van der Waals surface area contributed by atoms with Gasteiger partial charge in [0.05, 0.1) is 23.7 Å². The van der Waals surface area contributed by atoms with Crippen molar-refractivity contribution < 1.29 is 44.9 Å². The smallest absolute Gasteiger partial charge is 0.335 e. The Morgan fingerprint density at radius 2 is 1.82 bits per heavy atom. The molecule has 150 valence electrons. The first kappa shape index (κ1) is 19.7. The quantitative estimate of drug-likeness (QED) is 0.394. The fourth-order valence-electron chi connectivity index (χ4n) is 3.01. The first-order valence-corrected chi connectivity index (χ1v) is 8.33. The zero-order valence-corrected chi connectivity index (χ0v) is 14.4. The third kappa shape index (κ3) is 3.52. The van der Waals surface area contributed by atoms with E-state index in [0.29, 0.717) is 6.07 Å². The Hall–Kier alpha value is -3.08. The molecule has 1 heterocycles. The molecular weight excluding hydrogens is 376 g/mol. The summed E-state index contributed by atoms with van der Waals surface area (Å²) >= 11 is 0. The van der Waals surface area contributed by atoms with E-state index in [4.69, 9.17) is 9.47 Å². The van der Waals surface area contributed by atoms with Crippen molar-refractivity contribution in [2.24, 2.45) is 0 Å². The van der Waals surface area contributed by atoms with Gasteiger partial charge in [0.2, 0.25) is 17.5 Å². The molecule has 6 N–H and O–H groups in total. The number of fused-ring (bicyclic) bond motifs is 1. The van der Waals surface area contributed by atoms with Crippen LogP contribution < -0.4 is 10.2 Å². The Balaban J connectivity index is 2.10. The van der Waals surface area contributed by atoms with Crippen LogP contribution in [0.5, 0.6) is 23.0 Å². The number of rotatable bonds is 4. The van der Waals surface area contributed by atoms with Crippen LogP contribution in [-0.4, -0.2) is 61.7 Å². The van der Waals surface area contributed by atoms with Crippen molar-refractivity contribution in [3.05, 3.63) is 34.0 Å². The lowest BCUT2D eigenvalue weighted by molar-refractivity contribution is -0.196. The third-order valence-corrected chi connectivity index (χ3v) is 4.48. The first-order valence-electron chi connectivity index (χ1n) is 8.33. The number of aliphatic hydroxyl groups is 2. The lowest BCUT2D eigenvalue weighted by atomic mass is 10.1. The highest BCUT2D eigenvalue weighted by molar-refractivity contribution is 6.00. The summed E-state index contributed by atoms with van der Waals surface area (Å²) in [6.45, 7) is -0.450. The van der Waals surface area contributed by atoms with Crippen LogP contribution in [0.15, 0.2) is 23.0 Å². The average molecular weight is 394 g/mol. The van der Waals surface area contributed by atoms with Gasteiger partial charge >= 0.3 is 5.97 Å². The van der Waals surface area contributed by atoms with E-state index in [2.05, 4.69) is 0 Å². The number of carbonyl (C=O) groups is 1. The molecule has 1 aliphatic heterocycles. The van der Waals surface area contributed by atoms with Gasteiger partial charge < -0.3 is 40.1 Å². The number of phenols is 2. The Labute approximate surface area is 157 Å². The standard InChI is InChI=1S/C18H18O10/c19-6-12-9(20)1-2-13(28-12)27-11-5-7-3-8(18(25)26)4-10(21)15(22)14(7)17(24)16(11)23/h3-5,9,12-13,19-20,23-24H,1-2,6H2,(H,21,22)(H,25,26)/t9-,12?,13-/m1/s1. The molecule has 0 aliphatic carbocycles. The fourth-order valence-corrected chi connectivity index (χ4v) is 3.01. The van der Waals surface area contributed by atoms with E-state index in [9.17, 15) is 40.2 Å². The van der Waals surface area contributed by atoms with Crippen molar-refractivity contribution >= 4 is 16.7 Å². The molecular formula is C18H18O10. The van der Waals surface area contributed by atoms with Crippen LogP contribution in [0.4, 0.5) is 0 Å². The van der Waals surface area contributed by atoms with Crippen molar-refractivity contribution in [1.82, 2.24) is 0 Å². The van der Waals surface area contributed by atoms with Crippen molar-refractivity contribution in [3.63, 3.8) is 0 Å². The van der Waals surface area contributed by atoms with E-state index in [1.165, 1.54) is 0 Å². The highest BCUT2D eigenvalue weighted by atomic mass is 16.7. The molecule has 1 saturated heterocycles. The molecule has 1 unspecified atom stereocenters. The number of aromatic carboxylic acids is 1. The van der Waals surface area contributed by atoms with Gasteiger partial charge in [0.25, 0.3) is 0 Å². The number of carboxylic acid groups (broad SMARTS) is 1. The largest absolute Gasteiger partial charge is 0.504 e. The van der Waals surface area contributed by atoms with Gasteiger partial charge in [-0.2, -0.15) is 0 Å². The van der Waals surface area contributed by atoms with E-state index >= 15 is 0 Å². The molecule has 3 atom stereocenters. The molecule has 0 radical (unpaired) electrons. The molecule has 2 aromatic carbocycles. The molecule has 0 bridgehead atoms. The maximum atomic E-state index is 11.9. The summed E-state index contributed by atoms with van der Waals surface area (Å²) in [5.74, 6) is -4.32. The van der Waals surface area contributed by atoms with Crippen LogP contribution >= 0.6 is 0 Å². The number of ether oxygens (including phenoxy) is 2. The SMILES string of the molecule is O=C(O)c1cc(=O)c(O)c2c(O)c(O)c(O[C@H]3CC[C@@H](O)C(CO)O3)cc2c1. The van der Waals surface area contributed by atoms with Gasteiger partial charge in [-0.05, 0) is 23.9 Å². The number of hydrogen-bond acceptors (Lipinski definition) is 9. The van der Waals surface area contributed by atoms with Crippen LogP contribution in [0, 0.1) is 0 Å². The molecule has 1 aliphatic rings. The van der Waals surface area contributed by atoms with E-state index in [1.54, 1.807) is 0 Å². The monoisotopic (exact) mass is 394 g/mol. The van der Waals surface area contributed by atoms with Crippen molar-refractivity contribution in [2.75, 3.05) is 6.61 Å². The number of carboxylic acids is 1. The van der Waals surface area contributed by atoms with Crippen molar-refractivity contribution in [3.8, 4) is 23.0 Å². The highest BCUT2D eigenvalue weighted by Gasteiger charge is 2.31. The number of aromatic hydroxyl groups is 3. The third-order valence-electron chi connectivity index (χ3n) is 4.48. The molecule has 10 nitrogen and oxygen atoms in total. The molecule has 0 aromatic heterocycles. The minimum absolute atomic E-state index is 0.0724. The molecule has 10 heteroatoms. The van der Waals surface area contributed by atoms with Gasteiger partial charge in [-0.25, -0.2) is 4.79 Å². The summed E-state index contributed by atoms with van der Waals surface area (Å²) in [6.07, 6.45) is -2.27. The molecule has 1 fully saturated rings. The second-order valence-corrected chi connectivity index (χ2v) is 6.35. The van der Waals surface area contributed by atoms with E-state index in [-0.39, 0.29) is 24.0 Å². The van der Waals surface area contributed by atoms with Gasteiger partial charge in [-0.3, -0.25) is 4.79 Å². The van der Waals surface area contributed by atoms with E-state index < -0.39 is 64.7 Å². The summed E-state index contributed by atoms with van der Waals surface area (Å²) in [7, 11) is 0. The second kappa shape index (κ2) is 7.50. The average Bonchev–Trinajstić information content (AvgIpc) is 2.78. The number of benzene rings is 1. The summed E-state index contributed by atoms with van der Waals surface area (Å²) in [6, 6.07) is 2.86. The minimum Gasteiger partial charge on any atom is -0.504 e. The van der Waals surface area contributed by atoms with Crippen LogP contribution in [0.3, 0.4) is 0 Å². The summed E-state index contributed by atoms with van der Waals surface area (Å²) < 4.78 is 10.9. The zero-order valence-electron chi connectivity index (χ0n) is 14.4. The molecule has 2 aromatic rings.